The van der Waals surface area contributed by atoms with Crippen molar-refractivity contribution in [2.75, 3.05) is 6.61 Å². The van der Waals surface area contributed by atoms with E-state index in [4.69, 9.17) is 5.11 Å². The standard InChI is InChI=1S/C15H22O3/c16-9-13(17)1-2-14(18)15-6-10-3-11(7-15)5-12(4-10)8-15/h10-12,16H,1-9H2. The predicted octanol–water partition coefficient (Wildman–Crippen LogP) is 2.11. The molecule has 0 radical (unpaired) electrons. The number of Topliss-reactive ketones (excluding diaryl/α,β-unsaturated/α-hetero) is 2. The summed E-state index contributed by atoms with van der Waals surface area (Å²) in [6.07, 6.45) is 7.82. The van der Waals surface area contributed by atoms with Crippen LogP contribution in [0.15, 0.2) is 0 Å². The normalized spacial score (nSPS) is 41.1. The fourth-order valence-electron chi connectivity index (χ4n) is 5.05. The lowest BCUT2D eigenvalue weighted by Gasteiger charge is -2.56. The summed E-state index contributed by atoms with van der Waals surface area (Å²) < 4.78 is 0. The van der Waals surface area contributed by atoms with Crippen molar-refractivity contribution in [3.8, 4) is 0 Å². The topological polar surface area (TPSA) is 54.4 Å². The third kappa shape index (κ3) is 2.03. The lowest BCUT2D eigenvalue weighted by atomic mass is 9.48. The summed E-state index contributed by atoms with van der Waals surface area (Å²) in [7, 11) is 0. The summed E-state index contributed by atoms with van der Waals surface area (Å²) in [5, 5.41) is 8.72. The van der Waals surface area contributed by atoms with E-state index in [1.807, 2.05) is 0 Å². The van der Waals surface area contributed by atoms with Gasteiger partial charge in [-0.2, -0.15) is 0 Å². The Morgan fingerprint density at radius 2 is 1.44 bits per heavy atom. The van der Waals surface area contributed by atoms with Crippen LogP contribution in [0, 0.1) is 23.2 Å². The Morgan fingerprint density at radius 1 is 0.944 bits per heavy atom. The van der Waals surface area contributed by atoms with Gasteiger partial charge in [0.15, 0.2) is 5.78 Å². The molecule has 4 aliphatic rings. The molecule has 0 aromatic rings. The van der Waals surface area contributed by atoms with Crippen molar-refractivity contribution in [2.45, 2.75) is 51.4 Å². The maximum Gasteiger partial charge on any atom is 0.158 e. The summed E-state index contributed by atoms with van der Waals surface area (Å²) in [6.45, 7) is -0.422. The van der Waals surface area contributed by atoms with Gasteiger partial charge in [0.05, 0.1) is 0 Å². The minimum Gasteiger partial charge on any atom is -0.389 e. The Hall–Kier alpha value is -0.700. The Balaban J connectivity index is 1.67. The maximum absolute atomic E-state index is 12.5. The molecule has 0 heterocycles. The van der Waals surface area contributed by atoms with Crippen LogP contribution in [0.25, 0.3) is 0 Å². The Bertz CT molecular complexity index is 337. The smallest absolute Gasteiger partial charge is 0.158 e. The molecule has 4 fully saturated rings. The molecule has 0 saturated heterocycles. The quantitative estimate of drug-likeness (QED) is 0.813. The monoisotopic (exact) mass is 250 g/mol. The summed E-state index contributed by atoms with van der Waals surface area (Å²) in [5.41, 5.74) is -0.0789. The molecule has 0 unspecified atom stereocenters. The van der Waals surface area contributed by atoms with Crippen LogP contribution in [0.2, 0.25) is 0 Å². The molecule has 4 aliphatic carbocycles. The summed E-state index contributed by atoms with van der Waals surface area (Å²) >= 11 is 0. The van der Waals surface area contributed by atoms with Crippen LogP contribution in [-0.4, -0.2) is 23.3 Å². The summed E-state index contributed by atoms with van der Waals surface area (Å²) in [5.74, 6) is 2.42. The molecule has 0 aromatic heterocycles. The molecule has 0 amide bonds. The second-order valence-electron chi connectivity index (χ2n) is 6.82. The minimum atomic E-state index is -0.422. The largest absolute Gasteiger partial charge is 0.389 e. The summed E-state index contributed by atoms with van der Waals surface area (Å²) in [4.78, 5) is 23.6. The molecule has 3 heteroatoms. The average Bonchev–Trinajstić information content (AvgIpc) is 2.33. The van der Waals surface area contributed by atoms with Crippen molar-refractivity contribution >= 4 is 11.6 Å². The predicted molar refractivity (Wildman–Crippen MR) is 66.9 cm³/mol. The van der Waals surface area contributed by atoms with Crippen LogP contribution in [0.3, 0.4) is 0 Å². The first-order chi connectivity index (χ1) is 8.61. The van der Waals surface area contributed by atoms with Gasteiger partial charge in [0.1, 0.15) is 12.4 Å². The van der Waals surface area contributed by atoms with Gasteiger partial charge in [-0.05, 0) is 56.3 Å². The lowest BCUT2D eigenvalue weighted by molar-refractivity contribution is -0.145. The number of hydrogen-bond acceptors (Lipinski definition) is 3. The second kappa shape index (κ2) is 4.44. The molecular formula is C15H22O3. The molecule has 4 bridgehead atoms. The zero-order valence-electron chi connectivity index (χ0n) is 10.9. The van der Waals surface area contributed by atoms with Crippen molar-refractivity contribution in [3.63, 3.8) is 0 Å². The van der Waals surface area contributed by atoms with Crippen LogP contribution in [-0.2, 0) is 9.59 Å². The van der Waals surface area contributed by atoms with E-state index in [1.165, 1.54) is 19.3 Å². The zero-order valence-corrected chi connectivity index (χ0v) is 10.9. The van der Waals surface area contributed by atoms with Crippen LogP contribution < -0.4 is 0 Å². The number of aliphatic hydroxyl groups is 1. The number of ketones is 2. The molecule has 0 aliphatic heterocycles. The average molecular weight is 250 g/mol. The van der Waals surface area contributed by atoms with Gasteiger partial charge in [0, 0.05) is 18.3 Å². The fraction of sp³-hybridized carbons (Fsp3) is 0.867. The number of carbonyl (C=O) groups excluding carboxylic acids is 2. The molecular weight excluding hydrogens is 228 g/mol. The van der Waals surface area contributed by atoms with Crippen molar-refractivity contribution in [3.05, 3.63) is 0 Å². The summed E-state index contributed by atoms with van der Waals surface area (Å²) in [6, 6.07) is 0. The van der Waals surface area contributed by atoms with Crippen molar-refractivity contribution < 1.29 is 14.7 Å². The van der Waals surface area contributed by atoms with Gasteiger partial charge < -0.3 is 5.11 Å². The molecule has 3 nitrogen and oxygen atoms in total. The van der Waals surface area contributed by atoms with Crippen LogP contribution in [0.4, 0.5) is 0 Å². The first-order valence-electron chi connectivity index (χ1n) is 7.27. The van der Waals surface area contributed by atoms with Crippen LogP contribution >= 0.6 is 0 Å². The van der Waals surface area contributed by atoms with E-state index in [9.17, 15) is 9.59 Å². The van der Waals surface area contributed by atoms with Crippen molar-refractivity contribution in [1.29, 1.82) is 0 Å². The maximum atomic E-state index is 12.5. The van der Waals surface area contributed by atoms with Crippen LogP contribution in [0.1, 0.15) is 51.4 Å². The van der Waals surface area contributed by atoms with E-state index in [0.717, 1.165) is 37.0 Å². The van der Waals surface area contributed by atoms with Gasteiger partial charge in [-0.1, -0.05) is 0 Å². The van der Waals surface area contributed by atoms with Crippen LogP contribution in [0.5, 0.6) is 0 Å². The van der Waals surface area contributed by atoms with E-state index in [2.05, 4.69) is 0 Å². The first kappa shape index (κ1) is 12.3. The highest BCUT2D eigenvalue weighted by Crippen LogP contribution is 2.60. The molecule has 4 rings (SSSR count). The zero-order chi connectivity index (χ0) is 12.8. The van der Waals surface area contributed by atoms with Crippen molar-refractivity contribution in [1.82, 2.24) is 0 Å². The molecule has 0 spiro atoms. The van der Waals surface area contributed by atoms with Gasteiger partial charge in [-0.3, -0.25) is 9.59 Å². The lowest BCUT2D eigenvalue weighted by Crippen LogP contribution is -2.50. The van der Waals surface area contributed by atoms with Gasteiger partial charge in [0.2, 0.25) is 0 Å². The number of aliphatic hydroxyl groups excluding tert-OH is 1. The highest BCUT2D eigenvalue weighted by atomic mass is 16.3. The van der Waals surface area contributed by atoms with Gasteiger partial charge >= 0.3 is 0 Å². The third-order valence-electron chi connectivity index (χ3n) is 5.44. The molecule has 4 saturated carbocycles. The van der Waals surface area contributed by atoms with E-state index < -0.39 is 6.61 Å². The van der Waals surface area contributed by atoms with Gasteiger partial charge in [-0.15, -0.1) is 0 Å². The highest BCUT2D eigenvalue weighted by Gasteiger charge is 2.53. The molecule has 1 N–H and O–H groups in total. The molecule has 0 aromatic carbocycles. The van der Waals surface area contributed by atoms with Gasteiger partial charge in [-0.25, -0.2) is 0 Å². The van der Waals surface area contributed by atoms with E-state index in [0.29, 0.717) is 12.2 Å². The van der Waals surface area contributed by atoms with Gasteiger partial charge in [0.25, 0.3) is 0 Å². The van der Waals surface area contributed by atoms with E-state index >= 15 is 0 Å². The SMILES string of the molecule is O=C(CO)CCC(=O)C12CC3CC(CC(C3)C1)C2. The number of rotatable bonds is 5. The Kier molecular flexibility index (Phi) is 3.05. The Morgan fingerprint density at radius 3 is 1.89 bits per heavy atom. The van der Waals surface area contributed by atoms with Crippen molar-refractivity contribution in [2.24, 2.45) is 23.2 Å². The second-order valence-corrected chi connectivity index (χ2v) is 6.82. The fourth-order valence-corrected chi connectivity index (χ4v) is 5.05. The molecule has 18 heavy (non-hydrogen) atoms. The Labute approximate surface area is 108 Å². The number of hydrogen-bond donors (Lipinski definition) is 1. The number of carbonyl (C=O) groups is 2. The molecule has 100 valence electrons. The first-order valence-corrected chi connectivity index (χ1v) is 7.27. The highest BCUT2D eigenvalue weighted by molar-refractivity contribution is 5.90. The van der Waals surface area contributed by atoms with E-state index in [-0.39, 0.29) is 17.6 Å². The molecule has 0 atom stereocenters. The minimum absolute atomic E-state index is 0.0789. The van der Waals surface area contributed by atoms with E-state index in [1.54, 1.807) is 0 Å². The third-order valence-corrected chi connectivity index (χ3v) is 5.44.